The summed E-state index contributed by atoms with van der Waals surface area (Å²) in [6, 6.07) is 5.70. The lowest BCUT2D eigenvalue weighted by atomic mass is 10.0. The number of methoxy groups -OCH3 is 2. The standard InChI is InChI=1S/C12H17BrO3/c1-8(15-2)12(14)7-9-6-10(16-3)4-5-11(9)13/h4-6,8,12,14H,7H2,1-3H3. The molecule has 0 aliphatic heterocycles. The number of hydrogen-bond donors (Lipinski definition) is 1. The van der Waals surface area contributed by atoms with Gasteiger partial charge in [0.1, 0.15) is 5.75 Å². The Hall–Kier alpha value is -0.580. The summed E-state index contributed by atoms with van der Waals surface area (Å²) in [5.74, 6) is 0.787. The van der Waals surface area contributed by atoms with Gasteiger partial charge in [0.2, 0.25) is 0 Å². The summed E-state index contributed by atoms with van der Waals surface area (Å²) in [5, 5.41) is 9.87. The molecule has 0 spiro atoms. The van der Waals surface area contributed by atoms with Crippen molar-refractivity contribution < 1.29 is 14.6 Å². The van der Waals surface area contributed by atoms with Gasteiger partial charge in [0.15, 0.2) is 0 Å². The van der Waals surface area contributed by atoms with Crippen molar-refractivity contribution in [1.29, 1.82) is 0 Å². The number of aliphatic hydroxyl groups excluding tert-OH is 1. The van der Waals surface area contributed by atoms with E-state index in [4.69, 9.17) is 9.47 Å². The van der Waals surface area contributed by atoms with E-state index in [0.717, 1.165) is 15.8 Å². The molecule has 0 saturated carbocycles. The van der Waals surface area contributed by atoms with Gasteiger partial charge in [-0.05, 0) is 30.7 Å². The van der Waals surface area contributed by atoms with Crippen molar-refractivity contribution in [2.24, 2.45) is 0 Å². The molecule has 90 valence electrons. The lowest BCUT2D eigenvalue weighted by Gasteiger charge is -2.18. The van der Waals surface area contributed by atoms with Crippen molar-refractivity contribution in [2.75, 3.05) is 14.2 Å². The molecule has 16 heavy (non-hydrogen) atoms. The van der Waals surface area contributed by atoms with Crippen LogP contribution in [-0.2, 0) is 11.2 Å². The smallest absolute Gasteiger partial charge is 0.119 e. The first kappa shape index (κ1) is 13.5. The first-order chi connectivity index (χ1) is 7.58. The molecule has 4 heteroatoms. The molecule has 2 unspecified atom stereocenters. The molecule has 0 aliphatic rings. The molecule has 1 N–H and O–H groups in total. The van der Waals surface area contributed by atoms with Gasteiger partial charge in [-0.2, -0.15) is 0 Å². The van der Waals surface area contributed by atoms with Crippen LogP contribution in [0.15, 0.2) is 22.7 Å². The van der Waals surface area contributed by atoms with E-state index in [1.165, 1.54) is 0 Å². The molecular formula is C12H17BrO3. The zero-order valence-corrected chi connectivity index (χ0v) is 11.3. The second kappa shape index (κ2) is 6.23. The Bertz CT molecular complexity index is 341. The van der Waals surface area contributed by atoms with Gasteiger partial charge in [0.25, 0.3) is 0 Å². The Morgan fingerprint density at radius 1 is 1.38 bits per heavy atom. The summed E-state index contributed by atoms with van der Waals surface area (Å²) in [4.78, 5) is 0. The Morgan fingerprint density at radius 3 is 2.62 bits per heavy atom. The van der Waals surface area contributed by atoms with Gasteiger partial charge in [0, 0.05) is 18.0 Å². The average molecular weight is 289 g/mol. The SMILES string of the molecule is COc1ccc(Br)c(CC(O)C(C)OC)c1. The Morgan fingerprint density at radius 2 is 2.06 bits per heavy atom. The molecule has 1 rings (SSSR count). The van der Waals surface area contributed by atoms with Gasteiger partial charge >= 0.3 is 0 Å². The third kappa shape index (κ3) is 3.47. The molecule has 0 fully saturated rings. The number of aliphatic hydroxyl groups is 1. The average Bonchev–Trinajstić information content (AvgIpc) is 2.30. The van der Waals surface area contributed by atoms with Crippen molar-refractivity contribution in [3.63, 3.8) is 0 Å². The molecule has 2 atom stereocenters. The van der Waals surface area contributed by atoms with Crippen LogP contribution in [0.4, 0.5) is 0 Å². The van der Waals surface area contributed by atoms with Gasteiger partial charge < -0.3 is 14.6 Å². The summed E-state index contributed by atoms with van der Waals surface area (Å²) in [5.41, 5.74) is 1.01. The normalized spacial score (nSPS) is 14.6. The third-order valence-corrected chi connectivity index (χ3v) is 3.37. The monoisotopic (exact) mass is 288 g/mol. The van der Waals surface area contributed by atoms with Crippen LogP contribution in [-0.4, -0.2) is 31.5 Å². The third-order valence-electron chi connectivity index (χ3n) is 2.60. The zero-order chi connectivity index (χ0) is 12.1. The number of ether oxygens (including phenoxy) is 2. The fourth-order valence-electron chi connectivity index (χ4n) is 1.38. The van der Waals surface area contributed by atoms with Crippen LogP contribution in [0.2, 0.25) is 0 Å². The maximum atomic E-state index is 9.87. The van der Waals surface area contributed by atoms with E-state index in [2.05, 4.69) is 15.9 Å². The molecule has 0 aromatic heterocycles. The summed E-state index contributed by atoms with van der Waals surface area (Å²) in [6.07, 6.45) is -0.168. The second-order valence-corrected chi connectivity index (χ2v) is 4.52. The molecule has 1 aromatic carbocycles. The number of rotatable bonds is 5. The summed E-state index contributed by atoms with van der Waals surface area (Å²) < 4.78 is 11.2. The predicted octanol–water partition coefficient (Wildman–Crippen LogP) is 2.40. The Balaban J connectivity index is 2.79. The first-order valence-electron chi connectivity index (χ1n) is 5.11. The quantitative estimate of drug-likeness (QED) is 0.904. The molecule has 0 aliphatic carbocycles. The largest absolute Gasteiger partial charge is 0.497 e. The van der Waals surface area contributed by atoms with E-state index in [-0.39, 0.29) is 6.10 Å². The van der Waals surface area contributed by atoms with E-state index < -0.39 is 6.10 Å². The van der Waals surface area contributed by atoms with Crippen molar-refractivity contribution >= 4 is 15.9 Å². The fraction of sp³-hybridized carbons (Fsp3) is 0.500. The molecule has 0 bridgehead atoms. The molecule has 0 heterocycles. The van der Waals surface area contributed by atoms with Crippen molar-refractivity contribution in [2.45, 2.75) is 25.6 Å². The first-order valence-corrected chi connectivity index (χ1v) is 5.91. The number of benzene rings is 1. The van der Waals surface area contributed by atoms with Crippen LogP contribution in [0, 0.1) is 0 Å². The van der Waals surface area contributed by atoms with Crippen LogP contribution >= 0.6 is 15.9 Å². The molecule has 0 radical (unpaired) electrons. The Kier molecular flexibility index (Phi) is 5.25. The summed E-state index contributed by atoms with van der Waals surface area (Å²) >= 11 is 3.45. The van der Waals surface area contributed by atoms with Crippen molar-refractivity contribution in [3.8, 4) is 5.75 Å². The highest BCUT2D eigenvalue weighted by atomic mass is 79.9. The number of halogens is 1. The highest BCUT2D eigenvalue weighted by Crippen LogP contribution is 2.24. The molecular weight excluding hydrogens is 272 g/mol. The fourth-order valence-corrected chi connectivity index (χ4v) is 1.79. The van der Waals surface area contributed by atoms with Gasteiger partial charge in [0.05, 0.1) is 19.3 Å². The predicted molar refractivity (Wildman–Crippen MR) is 66.9 cm³/mol. The lowest BCUT2D eigenvalue weighted by molar-refractivity contribution is 0.000317. The van der Waals surface area contributed by atoms with Gasteiger partial charge in [-0.1, -0.05) is 15.9 Å². The maximum Gasteiger partial charge on any atom is 0.119 e. The minimum atomic E-state index is -0.520. The molecule has 1 aromatic rings. The summed E-state index contributed by atoms with van der Waals surface area (Å²) in [7, 11) is 3.22. The van der Waals surface area contributed by atoms with Gasteiger partial charge in [-0.3, -0.25) is 0 Å². The van der Waals surface area contributed by atoms with Crippen molar-refractivity contribution in [3.05, 3.63) is 28.2 Å². The van der Waals surface area contributed by atoms with E-state index in [9.17, 15) is 5.11 Å². The maximum absolute atomic E-state index is 9.87. The minimum absolute atomic E-state index is 0.182. The Labute approximate surface area is 105 Å². The van der Waals surface area contributed by atoms with E-state index in [0.29, 0.717) is 6.42 Å². The van der Waals surface area contributed by atoms with Crippen LogP contribution in [0.1, 0.15) is 12.5 Å². The van der Waals surface area contributed by atoms with E-state index in [1.807, 2.05) is 25.1 Å². The van der Waals surface area contributed by atoms with Crippen LogP contribution < -0.4 is 4.74 Å². The van der Waals surface area contributed by atoms with E-state index in [1.54, 1.807) is 14.2 Å². The molecule has 0 amide bonds. The summed E-state index contributed by atoms with van der Waals surface area (Å²) in [6.45, 7) is 1.85. The lowest BCUT2D eigenvalue weighted by Crippen LogP contribution is -2.27. The molecule has 0 saturated heterocycles. The van der Waals surface area contributed by atoms with Crippen molar-refractivity contribution in [1.82, 2.24) is 0 Å². The highest BCUT2D eigenvalue weighted by Gasteiger charge is 2.15. The second-order valence-electron chi connectivity index (χ2n) is 3.67. The van der Waals surface area contributed by atoms with Gasteiger partial charge in [-0.25, -0.2) is 0 Å². The van der Waals surface area contributed by atoms with Crippen LogP contribution in [0.3, 0.4) is 0 Å². The molecule has 3 nitrogen and oxygen atoms in total. The highest BCUT2D eigenvalue weighted by molar-refractivity contribution is 9.10. The van der Waals surface area contributed by atoms with Crippen LogP contribution in [0.25, 0.3) is 0 Å². The van der Waals surface area contributed by atoms with E-state index >= 15 is 0 Å². The topological polar surface area (TPSA) is 38.7 Å². The van der Waals surface area contributed by atoms with Gasteiger partial charge in [-0.15, -0.1) is 0 Å². The van der Waals surface area contributed by atoms with Crippen LogP contribution in [0.5, 0.6) is 5.75 Å². The number of hydrogen-bond acceptors (Lipinski definition) is 3. The minimum Gasteiger partial charge on any atom is -0.497 e. The zero-order valence-electron chi connectivity index (χ0n) is 9.74.